The molecule has 0 aliphatic carbocycles. The average molecular weight is 193 g/mol. The molecule has 0 radical (unpaired) electrons. The van der Waals surface area contributed by atoms with Crippen molar-refractivity contribution in [2.75, 3.05) is 6.61 Å². The van der Waals surface area contributed by atoms with Crippen molar-refractivity contribution in [1.82, 2.24) is 9.97 Å². The third-order valence-electron chi connectivity index (χ3n) is 0.964. The maximum absolute atomic E-state index is 5.67. The molecule has 60 valence electrons. The molecule has 0 bridgehead atoms. The Morgan fingerprint density at radius 2 is 2.27 bits per heavy atom. The molecular formula is C6H6Cl2N2O. The minimum Gasteiger partial charge on any atom is -0.477 e. The lowest BCUT2D eigenvalue weighted by molar-refractivity contribution is 0.326. The molecule has 1 aromatic heterocycles. The molecule has 0 unspecified atom stereocenters. The van der Waals surface area contributed by atoms with Gasteiger partial charge in [-0.15, -0.1) is 0 Å². The van der Waals surface area contributed by atoms with Crippen molar-refractivity contribution in [2.24, 2.45) is 0 Å². The Hall–Kier alpha value is -0.540. The zero-order valence-electron chi connectivity index (χ0n) is 5.84. The zero-order valence-corrected chi connectivity index (χ0v) is 7.35. The molecule has 0 atom stereocenters. The average Bonchev–Trinajstić information content (AvgIpc) is 1.98. The van der Waals surface area contributed by atoms with Gasteiger partial charge in [0.25, 0.3) is 0 Å². The Morgan fingerprint density at radius 1 is 1.55 bits per heavy atom. The molecule has 0 aliphatic heterocycles. The van der Waals surface area contributed by atoms with Crippen molar-refractivity contribution in [3.05, 3.63) is 16.5 Å². The molecule has 0 saturated heterocycles. The highest BCUT2D eigenvalue weighted by Crippen LogP contribution is 2.21. The third kappa shape index (κ3) is 2.20. The first-order valence-electron chi connectivity index (χ1n) is 3.05. The van der Waals surface area contributed by atoms with Crippen molar-refractivity contribution < 1.29 is 4.74 Å². The third-order valence-corrected chi connectivity index (χ3v) is 1.40. The van der Waals surface area contributed by atoms with Crippen LogP contribution >= 0.6 is 23.2 Å². The van der Waals surface area contributed by atoms with Crippen LogP contribution in [-0.2, 0) is 0 Å². The molecule has 3 nitrogen and oxygen atoms in total. The molecule has 0 aliphatic rings. The maximum atomic E-state index is 5.67. The Kier molecular flexibility index (Phi) is 2.91. The molecular weight excluding hydrogens is 187 g/mol. The summed E-state index contributed by atoms with van der Waals surface area (Å²) in [5, 5.41) is 0.508. The highest BCUT2D eigenvalue weighted by molar-refractivity contribution is 6.32. The molecule has 5 heteroatoms. The fraction of sp³-hybridized carbons (Fsp3) is 0.333. The lowest BCUT2D eigenvalue weighted by atomic mass is 10.6. The van der Waals surface area contributed by atoms with Crippen LogP contribution in [0.4, 0.5) is 0 Å². The van der Waals surface area contributed by atoms with E-state index < -0.39 is 0 Å². The summed E-state index contributed by atoms with van der Waals surface area (Å²) in [7, 11) is 0. The largest absolute Gasteiger partial charge is 0.477 e. The Morgan fingerprint density at radius 3 is 2.91 bits per heavy atom. The predicted molar refractivity (Wildman–Crippen MR) is 43.2 cm³/mol. The fourth-order valence-electron chi connectivity index (χ4n) is 0.569. The minimum absolute atomic E-state index is 0.137. The Balaban J connectivity index is 2.93. The maximum Gasteiger partial charge on any atom is 0.237 e. The number of ether oxygens (including phenoxy) is 1. The summed E-state index contributed by atoms with van der Waals surface area (Å²) >= 11 is 11.2. The normalized spacial score (nSPS) is 9.73. The van der Waals surface area contributed by atoms with E-state index in [0.717, 1.165) is 0 Å². The van der Waals surface area contributed by atoms with Crippen molar-refractivity contribution in [1.29, 1.82) is 0 Å². The standard InChI is InChI=1S/C6H6Cl2N2O/c1-2-11-5-4(7)3-9-6(8)10-5/h3H,2H2,1H3. The van der Waals surface area contributed by atoms with E-state index in [4.69, 9.17) is 27.9 Å². The van der Waals surface area contributed by atoms with Gasteiger partial charge in [0, 0.05) is 0 Å². The van der Waals surface area contributed by atoms with Gasteiger partial charge in [0.15, 0.2) is 0 Å². The van der Waals surface area contributed by atoms with Crippen LogP contribution in [0.2, 0.25) is 10.3 Å². The second kappa shape index (κ2) is 3.74. The number of nitrogens with zero attached hydrogens (tertiary/aromatic N) is 2. The van der Waals surface area contributed by atoms with Gasteiger partial charge in [-0.05, 0) is 18.5 Å². The summed E-state index contributed by atoms with van der Waals surface area (Å²) in [6.07, 6.45) is 1.40. The molecule has 1 heterocycles. The van der Waals surface area contributed by atoms with Gasteiger partial charge in [-0.1, -0.05) is 11.6 Å². The van der Waals surface area contributed by atoms with Crippen molar-refractivity contribution in [3.8, 4) is 5.88 Å². The van der Waals surface area contributed by atoms with Gasteiger partial charge in [0.2, 0.25) is 11.2 Å². The second-order valence-corrected chi connectivity index (χ2v) is 2.47. The SMILES string of the molecule is CCOc1nc(Cl)ncc1Cl. The molecule has 0 N–H and O–H groups in total. The molecule has 1 aromatic rings. The molecule has 0 spiro atoms. The quantitative estimate of drug-likeness (QED) is 0.675. The van der Waals surface area contributed by atoms with Gasteiger partial charge in [-0.2, -0.15) is 4.98 Å². The predicted octanol–water partition coefficient (Wildman–Crippen LogP) is 2.18. The number of rotatable bonds is 2. The summed E-state index contributed by atoms with van der Waals surface area (Å²) in [6, 6.07) is 0. The number of aromatic nitrogens is 2. The summed E-state index contributed by atoms with van der Waals surface area (Å²) in [5.41, 5.74) is 0. The summed E-state index contributed by atoms with van der Waals surface area (Å²) < 4.78 is 5.05. The Labute approximate surface area is 74.3 Å². The first-order chi connectivity index (χ1) is 5.24. The van der Waals surface area contributed by atoms with E-state index in [1.165, 1.54) is 6.20 Å². The van der Waals surface area contributed by atoms with Crippen LogP contribution in [-0.4, -0.2) is 16.6 Å². The van der Waals surface area contributed by atoms with Crippen molar-refractivity contribution in [3.63, 3.8) is 0 Å². The molecule has 0 saturated carbocycles. The molecule has 0 amide bonds. The first-order valence-corrected chi connectivity index (χ1v) is 3.80. The van der Waals surface area contributed by atoms with Crippen molar-refractivity contribution >= 4 is 23.2 Å². The zero-order chi connectivity index (χ0) is 8.27. The van der Waals surface area contributed by atoms with Crippen LogP contribution in [0.5, 0.6) is 5.88 Å². The van der Waals surface area contributed by atoms with E-state index in [-0.39, 0.29) is 5.28 Å². The monoisotopic (exact) mass is 192 g/mol. The highest BCUT2D eigenvalue weighted by atomic mass is 35.5. The van der Waals surface area contributed by atoms with Gasteiger partial charge < -0.3 is 4.74 Å². The Bertz CT molecular complexity index is 254. The lowest BCUT2D eigenvalue weighted by Gasteiger charge is -2.02. The van der Waals surface area contributed by atoms with Gasteiger partial charge in [0.05, 0.1) is 12.8 Å². The van der Waals surface area contributed by atoms with Crippen molar-refractivity contribution in [2.45, 2.75) is 6.92 Å². The van der Waals surface area contributed by atoms with Gasteiger partial charge in [-0.3, -0.25) is 0 Å². The van der Waals surface area contributed by atoms with E-state index in [1.807, 2.05) is 6.92 Å². The van der Waals surface area contributed by atoms with Crippen LogP contribution in [0.1, 0.15) is 6.92 Å². The highest BCUT2D eigenvalue weighted by Gasteiger charge is 2.03. The topological polar surface area (TPSA) is 35.0 Å². The smallest absolute Gasteiger partial charge is 0.237 e. The van der Waals surface area contributed by atoms with Crippen LogP contribution in [0, 0.1) is 0 Å². The summed E-state index contributed by atoms with van der Waals surface area (Å²) in [5.74, 6) is 0.328. The van der Waals surface area contributed by atoms with Crippen LogP contribution in [0.15, 0.2) is 6.20 Å². The fourth-order valence-corrected chi connectivity index (χ4v) is 0.840. The van der Waals surface area contributed by atoms with Gasteiger partial charge >= 0.3 is 0 Å². The van der Waals surface area contributed by atoms with Crippen LogP contribution in [0.3, 0.4) is 0 Å². The van der Waals surface area contributed by atoms with E-state index in [0.29, 0.717) is 17.5 Å². The molecule has 11 heavy (non-hydrogen) atoms. The van der Waals surface area contributed by atoms with E-state index >= 15 is 0 Å². The first kappa shape index (κ1) is 8.56. The molecule has 0 fully saturated rings. The van der Waals surface area contributed by atoms with E-state index in [2.05, 4.69) is 9.97 Å². The molecule has 0 aromatic carbocycles. The van der Waals surface area contributed by atoms with Gasteiger partial charge in [-0.25, -0.2) is 4.98 Å². The number of hydrogen-bond acceptors (Lipinski definition) is 3. The number of halogens is 2. The lowest BCUT2D eigenvalue weighted by Crippen LogP contribution is -1.96. The van der Waals surface area contributed by atoms with E-state index in [1.54, 1.807) is 0 Å². The summed E-state index contributed by atoms with van der Waals surface area (Å²) in [4.78, 5) is 7.43. The van der Waals surface area contributed by atoms with Crippen LogP contribution in [0.25, 0.3) is 0 Å². The minimum atomic E-state index is 0.137. The van der Waals surface area contributed by atoms with Gasteiger partial charge in [0.1, 0.15) is 5.02 Å². The van der Waals surface area contributed by atoms with Crippen LogP contribution < -0.4 is 4.74 Å². The second-order valence-electron chi connectivity index (χ2n) is 1.73. The molecule has 1 rings (SSSR count). The summed E-state index contributed by atoms with van der Waals surface area (Å²) in [6.45, 7) is 2.35. The number of hydrogen-bond donors (Lipinski definition) is 0. The van der Waals surface area contributed by atoms with E-state index in [9.17, 15) is 0 Å².